The van der Waals surface area contributed by atoms with E-state index in [2.05, 4.69) is 0 Å². The molecule has 0 spiro atoms. The van der Waals surface area contributed by atoms with Crippen molar-refractivity contribution in [3.63, 3.8) is 0 Å². The molecule has 0 radical (unpaired) electrons. The molecule has 0 aliphatic carbocycles. The van der Waals surface area contributed by atoms with Gasteiger partial charge in [0.05, 0.1) is 22.6 Å². The smallest absolute Gasteiger partial charge is 0.344 e. The van der Waals surface area contributed by atoms with Gasteiger partial charge in [-0.1, -0.05) is 23.7 Å². The van der Waals surface area contributed by atoms with Crippen LogP contribution in [0.1, 0.15) is 12.0 Å². The monoisotopic (exact) mass is 431 g/mol. The van der Waals surface area contributed by atoms with E-state index in [1.165, 1.54) is 0 Å². The second-order valence-corrected chi connectivity index (χ2v) is 10.2. The molecule has 1 saturated heterocycles. The highest BCUT2D eigenvalue weighted by Gasteiger charge is 2.35. The van der Waals surface area contributed by atoms with E-state index in [9.17, 15) is 13.2 Å². The quantitative estimate of drug-likeness (QED) is 0.578. The Morgan fingerprint density at radius 3 is 2.62 bits per heavy atom. The van der Waals surface area contributed by atoms with Gasteiger partial charge in [0.15, 0.2) is 9.84 Å². The van der Waals surface area contributed by atoms with Gasteiger partial charge in [0.25, 0.3) is 0 Å². The number of hydrogen-bond acceptors (Lipinski definition) is 6. The molecule has 150 valence electrons. The van der Waals surface area contributed by atoms with Gasteiger partial charge < -0.3 is 9.15 Å². The topological polar surface area (TPSA) is 76.8 Å². The molecule has 3 aromatic rings. The number of fused-ring (bicyclic) bond motifs is 3. The maximum Gasteiger partial charge on any atom is 0.344 e. The fraction of sp³-hybridized carbons (Fsp3) is 0.286. The maximum atomic E-state index is 12.7. The van der Waals surface area contributed by atoms with E-state index in [0.29, 0.717) is 41.6 Å². The molecule has 1 aromatic heterocycles. The van der Waals surface area contributed by atoms with E-state index in [-0.39, 0.29) is 17.5 Å². The van der Waals surface area contributed by atoms with E-state index in [1.807, 2.05) is 23.1 Å². The first-order valence-electron chi connectivity index (χ1n) is 9.32. The number of rotatable bonds is 2. The van der Waals surface area contributed by atoms with Crippen LogP contribution in [0, 0.1) is 0 Å². The van der Waals surface area contributed by atoms with Gasteiger partial charge in [-0.25, -0.2) is 13.2 Å². The molecule has 6 nitrogen and oxygen atoms in total. The zero-order chi connectivity index (χ0) is 20.2. The summed E-state index contributed by atoms with van der Waals surface area (Å²) < 4.78 is 35.2. The summed E-state index contributed by atoms with van der Waals surface area (Å²) in [5, 5.41) is 1.39. The Balaban J connectivity index is 1.55. The third kappa shape index (κ3) is 3.43. The van der Waals surface area contributed by atoms with Gasteiger partial charge >= 0.3 is 5.63 Å². The maximum absolute atomic E-state index is 12.7. The largest absolute Gasteiger partial charge is 0.478 e. The highest BCUT2D eigenvalue weighted by Crippen LogP contribution is 2.35. The van der Waals surface area contributed by atoms with Crippen molar-refractivity contribution >= 4 is 32.4 Å². The van der Waals surface area contributed by atoms with Gasteiger partial charge in [0.2, 0.25) is 0 Å². The van der Waals surface area contributed by atoms with Gasteiger partial charge in [-0.05, 0) is 42.3 Å². The average molecular weight is 432 g/mol. The number of nitrogens with zero attached hydrogens (tertiary/aromatic N) is 1. The van der Waals surface area contributed by atoms with Crippen LogP contribution in [-0.2, 0) is 16.4 Å². The Hall–Kier alpha value is -2.35. The summed E-state index contributed by atoms with van der Waals surface area (Å²) in [6.45, 7) is 0.807. The molecule has 0 amide bonds. The van der Waals surface area contributed by atoms with Gasteiger partial charge in [0.1, 0.15) is 18.1 Å². The molecule has 0 saturated carbocycles. The van der Waals surface area contributed by atoms with Gasteiger partial charge in [0, 0.05) is 23.0 Å². The molecule has 2 aliphatic rings. The highest BCUT2D eigenvalue weighted by molar-refractivity contribution is 7.91. The molecule has 0 bridgehead atoms. The minimum Gasteiger partial charge on any atom is -0.478 e. The van der Waals surface area contributed by atoms with Crippen molar-refractivity contribution in [1.82, 2.24) is 4.90 Å². The molecule has 8 heteroatoms. The van der Waals surface area contributed by atoms with Gasteiger partial charge in [-0.15, -0.1) is 0 Å². The number of benzene rings is 2. The van der Waals surface area contributed by atoms with Crippen molar-refractivity contribution in [3.05, 3.63) is 63.5 Å². The van der Waals surface area contributed by atoms with Crippen LogP contribution in [0.5, 0.6) is 5.75 Å². The Kier molecular flexibility index (Phi) is 4.42. The summed E-state index contributed by atoms with van der Waals surface area (Å²) in [5.41, 5.74) is 2.02. The van der Waals surface area contributed by atoms with Crippen LogP contribution in [0.4, 0.5) is 0 Å². The molecule has 2 aromatic carbocycles. The second-order valence-electron chi connectivity index (χ2n) is 7.49. The molecular weight excluding hydrogens is 414 g/mol. The average Bonchev–Trinajstić information content (AvgIpc) is 3.07. The van der Waals surface area contributed by atoms with Gasteiger partial charge in [-0.2, -0.15) is 0 Å². The Morgan fingerprint density at radius 1 is 1.10 bits per heavy atom. The molecule has 1 unspecified atom stereocenters. The molecule has 2 aliphatic heterocycles. The molecule has 1 fully saturated rings. The number of hydrogen-bond donors (Lipinski definition) is 0. The van der Waals surface area contributed by atoms with E-state index in [4.69, 9.17) is 20.8 Å². The summed E-state index contributed by atoms with van der Waals surface area (Å²) >= 11 is 5.94. The van der Waals surface area contributed by atoms with Crippen LogP contribution < -0.4 is 10.4 Å². The lowest BCUT2D eigenvalue weighted by atomic mass is 10.0. The lowest BCUT2D eigenvalue weighted by Gasteiger charge is -2.33. The Labute approximate surface area is 172 Å². The molecule has 3 heterocycles. The van der Waals surface area contributed by atoms with Crippen LogP contribution in [-0.4, -0.2) is 37.6 Å². The summed E-state index contributed by atoms with van der Waals surface area (Å²) in [6, 6.07) is 12.5. The number of sulfone groups is 1. The summed E-state index contributed by atoms with van der Waals surface area (Å²) in [5.74, 6) is 1.01. The molecule has 1 atom stereocenters. The van der Waals surface area contributed by atoms with Crippen molar-refractivity contribution in [2.75, 3.05) is 18.2 Å². The van der Waals surface area contributed by atoms with E-state index in [0.717, 1.165) is 16.5 Å². The Morgan fingerprint density at radius 2 is 1.90 bits per heavy atom. The first-order valence-corrected chi connectivity index (χ1v) is 11.5. The zero-order valence-corrected chi connectivity index (χ0v) is 17.0. The van der Waals surface area contributed by atoms with E-state index in [1.54, 1.807) is 24.3 Å². The fourth-order valence-electron chi connectivity index (χ4n) is 4.04. The molecular formula is C21H18ClNO5S. The number of ether oxygens (including phenoxy) is 1. The van der Waals surface area contributed by atoms with Crippen molar-refractivity contribution in [1.29, 1.82) is 0 Å². The van der Waals surface area contributed by atoms with Crippen molar-refractivity contribution in [2.24, 2.45) is 0 Å². The van der Waals surface area contributed by atoms with Crippen LogP contribution in [0.15, 0.2) is 51.7 Å². The third-order valence-corrected chi connectivity index (χ3v) is 7.59. The molecule has 0 N–H and O–H groups in total. The SMILES string of the molecule is O=c1oc2c3c(ccc2cc1-c1ccc(Cl)cc1)OCN(C1CCS(=O)(=O)C1)C3. The standard InChI is InChI=1S/C21H18ClNO5S/c22-15-4-1-13(2-5-15)17-9-14-3-6-19-18(20(14)28-21(17)24)10-23(12-27-19)16-7-8-29(25,26)11-16/h1-6,9,16H,7-8,10-12H2. The lowest BCUT2D eigenvalue weighted by Crippen LogP contribution is -2.41. The minimum absolute atomic E-state index is 0.0801. The summed E-state index contributed by atoms with van der Waals surface area (Å²) in [6.07, 6.45) is 0.594. The van der Waals surface area contributed by atoms with E-state index >= 15 is 0 Å². The third-order valence-electron chi connectivity index (χ3n) is 5.59. The van der Waals surface area contributed by atoms with Crippen molar-refractivity contribution in [3.8, 4) is 16.9 Å². The van der Waals surface area contributed by atoms with Crippen LogP contribution in [0.2, 0.25) is 5.02 Å². The minimum atomic E-state index is -2.99. The first-order chi connectivity index (χ1) is 13.9. The van der Waals surface area contributed by atoms with E-state index < -0.39 is 15.5 Å². The van der Waals surface area contributed by atoms with Crippen molar-refractivity contribution in [2.45, 2.75) is 19.0 Å². The number of halogens is 1. The van der Waals surface area contributed by atoms with Gasteiger partial charge in [-0.3, -0.25) is 4.90 Å². The second kappa shape index (κ2) is 6.86. The summed E-state index contributed by atoms with van der Waals surface area (Å²) in [7, 11) is -2.99. The molecule has 29 heavy (non-hydrogen) atoms. The predicted octanol–water partition coefficient (Wildman–Crippen LogP) is 3.45. The van der Waals surface area contributed by atoms with Crippen LogP contribution in [0.3, 0.4) is 0 Å². The zero-order valence-electron chi connectivity index (χ0n) is 15.4. The normalized spacial score (nSPS) is 21.1. The first kappa shape index (κ1) is 18.7. The fourth-order valence-corrected chi connectivity index (χ4v) is 5.93. The lowest BCUT2D eigenvalue weighted by molar-refractivity contribution is 0.0649. The molecule has 5 rings (SSSR count). The van der Waals surface area contributed by atoms with Crippen LogP contribution in [0.25, 0.3) is 22.1 Å². The Bertz CT molecular complexity index is 1270. The summed E-state index contributed by atoms with van der Waals surface area (Å²) in [4.78, 5) is 14.7. The van der Waals surface area contributed by atoms with Crippen molar-refractivity contribution < 1.29 is 17.6 Å². The van der Waals surface area contributed by atoms with Crippen LogP contribution >= 0.6 is 11.6 Å². The highest BCUT2D eigenvalue weighted by atomic mass is 35.5. The predicted molar refractivity (Wildman–Crippen MR) is 111 cm³/mol.